The van der Waals surface area contributed by atoms with Gasteiger partial charge in [0, 0.05) is 25.2 Å². The predicted molar refractivity (Wildman–Crippen MR) is 137 cm³/mol. The third kappa shape index (κ3) is 5.04. The Labute approximate surface area is 210 Å². The van der Waals surface area contributed by atoms with Crippen LogP contribution in [0.2, 0.25) is 0 Å². The van der Waals surface area contributed by atoms with Crippen LogP contribution in [0.25, 0.3) is 0 Å². The smallest absolute Gasteiger partial charge is 0.262 e. The number of β-amino-alcohol motifs (C(OH)–C–C–N with tert-alkyl or cyclic N) is 1. The van der Waals surface area contributed by atoms with Crippen LogP contribution in [0, 0.1) is 6.92 Å². The number of para-hydroxylation sites is 1. The number of benzene rings is 2. The van der Waals surface area contributed by atoms with Gasteiger partial charge in [-0.2, -0.15) is 5.10 Å². The number of aliphatic hydroxyl groups is 1. The number of aliphatic hydroxyl groups excluding tert-OH is 1. The highest BCUT2D eigenvalue weighted by atomic mass is 16.3. The van der Waals surface area contributed by atoms with Crippen LogP contribution in [0.4, 0.5) is 5.69 Å². The van der Waals surface area contributed by atoms with Crippen molar-refractivity contribution in [2.24, 2.45) is 5.10 Å². The minimum atomic E-state index is -0.501. The van der Waals surface area contributed by atoms with Crippen molar-refractivity contribution < 1.29 is 19.1 Å². The third-order valence-corrected chi connectivity index (χ3v) is 6.69. The molecule has 8 heteroatoms. The van der Waals surface area contributed by atoms with Crippen molar-refractivity contribution in [1.82, 2.24) is 9.91 Å². The molecule has 36 heavy (non-hydrogen) atoms. The number of anilines is 1. The minimum Gasteiger partial charge on any atom is -0.467 e. The highest BCUT2D eigenvalue weighted by Crippen LogP contribution is 2.33. The maximum Gasteiger partial charge on any atom is 0.262 e. The van der Waals surface area contributed by atoms with Crippen LogP contribution >= 0.6 is 0 Å². The third-order valence-electron chi connectivity index (χ3n) is 6.69. The van der Waals surface area contributed by atoms with Crippen LogP contribution in [-0.4, -0.2) is 58.3 Å². The number of nitrogens with one attached hydrogen (secondary N) is 1. The first-order chi connectivity index (χ1) is 17.5. The molecule has 2 aromatic carbocycles. The molecule has 5 rings (SSSR count). The van der Waals surface area contributed by atoms with Crippen molar-refractivity contribution in [2.75, 3.05) is 25.0 Å². The van der Waals surface area contributed by atoms with E-state index in [9.17, 15) is 14.7 Å². The van der Waals surface area contributed by atoms with E-state index in [1.54, 1.807) is 35.4 Å². The SMILES string of the molecule is Cc1ccc(C2=NN(C(=O)CNc3ccccc3C(=O)N3CCCC(O)C3)C(c3ccco3)C2)cc1. The number of carbonyl (C=O) groups is 2. The van der Waals surface area contributed by atoms with Crippen LogP contribution < -0.4 is 5.32 Å². The topological polar surface area (TPSA) is 98.4 Å². The lowest BCUT2D eigenvalue weighted by Gasteiger charge is -2.30. The molecule has 1 fully saturated rings. The molecule has 0 aliphatic carbocycles. The molecule has 2 unspecified atom stereocenters. The number of furan rings is 1. The minimum absolute atomic E-state index is 0.0329. The van der Waals surface area contributed by atoms with Crippen LogP contribution in [0.3, 0.4) is 0 Å². The van der Waals surface area contributed by atoms with Crippen molar-refractivity contribution in [1.29, 1.82) is 0 Å². The Hall–Kier alpha value is -3.91. The lowest BCUT2D eigenvalue weighted by Crippen LogP contribution is -2.42. The van der Waals surface area contributed by atoms with E-state index >= 15 is 0 Å². The van der Waals surface area contributed by atoms with Gasteiger partial charge in [-0.1, -0.05) is 42.0 Å². The second-order valence-electron chi connectivity index (χ2n) is 9.33. The van der Waals surface area contributed by atoms with E-state index in [-0.39, 0.29) is 24.4 Å². The molecule has 2 aliphatic rings. The summed E-state index contributed by atoms with van der Waals surface area (Å²) in [4.78, 5) is 28.2. The number of hydrogen-bond donors (Lipinski definition) is 2. The van der Waals surface area contributed by atoms with Gasteiger partial charge in [-0.05, 0) is 49.6 Å². The number of aryl methyl sites for hydroxylation is 1. The van der Waals surface area contributed by atoms with Gasteiger partial charge in [-0.3, -0.25) is 9.59 Å². The van der Waals surface area contributed by atoms with Crippen molar-refractivity contribution in [3.8, 4) is 0 Å². The van der Waals surface area contributed by atoms with Crippen molar-refractivity contribution in [3.63, 3.8) is 0 Å². The van der Waals surface area contributed by atoms with E-state index in [1.165, 1.54) is 5.01 Å². The molecule has 0 saturated carbocycles. The molecule has 1 aromatic heterocycles. The molecule has 2 aliphatic heterocycles. The fourth-order valence-electron chi connectivity index (χ4n) is 4.75. The zero-order valence-corrected chi connectivity index (χ0v) is 20.3. The molecule has 1 saturated heterocycles. The second kappa shape index (κ2) is 10.4. The highest BCUT2D eigenvalue weighted by Gasteiger charge is 2.35. The number of nitrogens with zero attached hydrogens (tertiary/aromatic N) is 3. The molecule has 3 aromatic rings. The molecule has 2 atom stereocenters. The lowest BCUT2D eigenvalue weighted by molar-refractivity contribution is -0.131. The Morgan fingerprint density at radius 1 is 1.11 bits per heavy atom. The summed E-state index contributed by atoms with van der Waals surface area (Å²) in [6.45, 7) is 2.93. The van der Waals surface area contributed by atoms with Gasteiger partial charge in [-0.15, -0.1) is 0 Å². The van der Waals surface area contributed by atoms with Crippen LogP contribution in [-0.2, 0) is 4.79 Å². The van der Waals surface area contributed by atoms with Gasteiger partial charge in [0.1, 0.15) is 11.8 Å². The van der Waals surface area contributed by atoms with Crippen molar-refractivity contribution in [3.05, 3.63) is 89.4 Å². The normalized spacial score (nSPS) is 19.8. The fraction of sp³-hybridized carbons (Fsp3) is 0.321. The molecular weight excluding hydrogens is 456 g/mol. The molecule has 0 spiro atoms. The van der Waals surface area contributed by atoms with E-state index in [0.717, 1.165) is 23.3 Å². The standard InChI is InChI=1S/C28H30N4O4/c1-19-10-12-20(13-11-19)24-16-25(26-9-5-15-36-26)32(30-24)27(34)17-29-23-8-3-2-7-22(23)28(35)31-14-4-6-21(33)18-31/h2-3,5,7-13,15,21,25,29,33H,4,6,14,16-18H2,1H3. The first-order valence-corrected chi connectivity index (χ1v) is 12.3. The number of piperidine rings is 1. The van der Waals surface area contributed by atoms with Crippen LogP contribution in [0.5, 0.6) is 0 Å². The molecule has 2 N–H and O–H groups in total. The lowest BCUT2D eigenvalue weighted by atomic mass is 10.0. The molecule has 2 amide bonds. The monoisotopic (exact) mass is 486 g/mol. The number of carbonyl (C=O) groups excluding carboxylic acids is 2. The number of likely N-dealkylation sites (tertiary alicyclic amines) is 1. The zero-order chi connectivity index (χ0) is 25.1. The molecule has 0 radical (unpaired) electrons. The fourth-order valence-corrected chi connectivity index (χ4v) is 4.75. The molecule has 186 valence electrons. The Balaban J connectivity index is 1.33. The van der Waals surface area contributed by atoms with Gasteiger partial charge in [0.25, 0.3) is 11.8 Å². The van der Waals surface area contributed by atoms with E-state index in [1.807, 2.05) is 43.3 Å². The average molecular weight is 487 g/mol. The summed E-state index contributed by atoms with van der Waals surface area (Å²) in [7, 11) is 0. The Morgan fingerprint density at radius 3 is 2.67 bits per heavy atom. The number of hydrazone groups is 1. The second-order valence-corrected chi connectivity index (χ2v) is 9.33. The summed E-state index contributed by atoms with van der Waals surface area (Å²) < 4.78 is 5.63. The summed E-state index contributed by atoms with van der Waals surface area (Å²) in [5, 5.41) is 19.3. The van der Waals surface area contributed by atoms with E-state index in [2.05, 4.69) is 10.4 Å². The van der Waals surface area contributed by atoms with Crippen molar-refractivity contribution in [2.45, 2.75) is 38.3 Å². The molecule has 8 nitrogen and oxygen atoms in total. The van der Waals surface area contributed by atoms with Crippen molar-refractivity contribution >= 4 is 23.2 Å². The quantitative estimate of drug-likeness (QED) is 0.549. The zero-order valence-electron chi connectivity index (χ0n) is 20.3. The van der Waals surface area contributed by atoms with E-state index in [4.69, 9.17) is 4.42 Å². The Morgan fingerprint density at radius 2 is 1.92 bits per heavy atom. The first kappa shape index (κ1) is 23.8. The maximum atomic E-state index is 13.4. The summed E-state index contributed by atoms with van der Waals surface area (Å²) in [6.07, 6.45) is 3.12. The van der Waals surface area contributed by atoms with Gasteiger partial charge < -0.3 is 19.7 Å². The highest BCUT2D eigenvalue weighted by molar-refractivity contribution is 6.03. The molecule has 3 heterocycles. The average Bonchev–Trinajstić information content (AvgIpc) is 3.58. The summed E-state index contributed by atoms with van der Waals surface area (Å²) in [6, 6.07) is 18.6. The van der Waals surface area contributed by atoms with Gasteiger partial charge in [0.05, 0.1) is 30.2 Å². The van der Waals surface area contributed by atoms with E-state index in [0.29, 0.717) is 42.9 Å². The number of amides is 2. The number of hydrogen-bond acceptors (Lipinski definition) is 6. The van der Waals surface area contributed by atoms with Gasteiger partial charge in [-0.25, -0.2) is 5.01 Å². The molecule has 0 bridgehead atoms. The summed E-state index contributed by atoms with van der Waals surface area (Å²) in [5.41, 5.74) is 4.01. The summed E-state index contributed by atoms with van der Waals surface area (Å²) >= 11 is 0. The molecular formula is C28H30N4O4. The largest absolute Gasteiger partial charge is 0.467 e. The van der Waals surface area contributed by atoms with Crippen LogP contribution in [0.15, 0.2) is 76.4 Å². The van der Waals surface area contributed by atoms with Gasteiger partial charge in [0.15, 0.2) is 0 Å². The van der Waals surface area contributed by atoms with Gasteiger partial charge in [0.2, 0.25) is 0 Å². The Bertz CT molecular complexity index is 1250. The summed E-state index contributed by atoms with van der Waals surface area (Å²) in [5.74, 6) is 0.293. The first-order valence-electron chi connectivity index (χ1n) is 12.3. The maximum absolute atomic E-state index is 13.4. The van der Waals surface area contributed by atoms with E-state index < -0.39 is 6.10 Å². The number of rotatable bonds is 6. The Kier molecular flexibility index (Phi) is 6.86. The van der Waals surface area contributed by atoms with Crippen LogP contribution in [0.1, 0.15) is 52.5 Å². The predicted octanol–water partition coefficient (Wildman–Crippen LogP) is 3.97. The van der Waals surface area contributed by atoms with Gasteiger partial charge >= 0.3 is 0 Å².